The van der Waals surface area contributed by atoms with Crippen LogP contribution in [0, 0.1) is 5.41 Å². The van der Waals surface area contributed by atoms with E-state index in [1.807, 2.05) is 6.92 Å². The van der Waals surface area contributed by atoms with E-state index in [1.54, 1.807) is 29.3 Å². The van der Waals surface area contributed by atoms with Gasteiger partial charge in [0.1, 0.15) is 5.52 Å². The number of nitrogens with one attached hydrogen (secondary N) is 1. The third kappa shape index (κ3) is 2.06. The van der Waals surface area contributed by atoms with Gasteiger partial charge in [0.25, 0.3) is 5.91 Å². The summed E-state index contributed by atoms with van der Waals surface area (Å²) in [6.07, 6.45) is 0.869. The van der Waals surface area contributed by atoms with Crippen LogP contribution >= 0.6 is 0 Å². The molecule has 0 aliphatic carbocycles. The number of aromatic amines is 1. The predicted octanol–water partition coefficient (Wildman–Crippen LogP) is 1.30. The van der Waals surface area contributed by atoms with Gasteiger partial charge in [-0.3, -0.25) is 9.89 Å². The molecule has 0 saturated carbocycles. The Morgan fingerprint density at radius 3 is 2.91 bits per heavy atom. The number of amides is 2. The molecular formula is C15H15N5O3. The second kappa shape index (κ2) is 4.55. The summed E-state index contributed by atoms with van der Waals surface area (Å²) in [7, 11) is 0. The molecular weight excluding hydrogens is 298 g/mol. The molecule has 2 aliphatic rings. The van der Waals surface area contributed by atoms with Crippen LogP contribution in [0.15, 0.2) is 30.0 Å². The molecule has 3 heterocycles. The number of carbonyl (C=O) groups excluding carboxylic acids is 1. The predicted molar refractivity (Wildman–Crippen MR) is 80.7 cm³/mol. The molecule has 2 aliphatic heterocycles. The first-order valence-corrected chi connectivity index (χ1v) is 7.27. The zero-order chi connectivity index (χ0) is 16.2. The van der Waals surface area contributed by atoms with Crippen LogP contribution in [0.4, 0.5) is 4.79 Å². The fraction of sp³-hybridized carbons (Fsp3) is 0.333. The van der Waals surface area contributed by atoms with Gasteiger partial charge in [-0.1, -0.05) is 12.1 Å². The molecule has 8 nitrogen and oxygen atoms in total. The number of benzene rings is 1. The van der Waals surface area contributed by atoms with Gasteiger partial charge >= 0.3 is 6.09 Å². The number of fused-ring (bicyclic) bond motifs is 2. The van der Waals surface area contributed by atoms with Gasteiger partial charge in [0.15, 0.2) is 0 Å². The normalized spacial score (nSPS) is 23.3. The molecule has 118 valence electrons. The van der Waals surface area contributed by atoms with Gasteiger partial charge < -0.3 is 14.9 Å². The Kier molecular flexibility index (Phi) is 2.72. The smallest absolute Gasteiger partial charge is 0.407 e. The average molecular weight is 313 g/mol. The average Bonchev–Trinajstić information content (AvgIpc) is 3.16. The minimum Gasteiger partial charge on any atom is -0.465 e. The summed E-state index contributed by atoms with van der Waals surface area (Å²) in [5.41, 5.74) is 2.65. The Bertz CT molecular complexity index is 858. The number of carbonyl (C=O) groups is 2. The molecule has 1 fully saturated rings. The van der Waals surface area contributed by atoms with Crippen LogP contribution in [0.3, 0.4) is 0 Å². The molecule has 0 radical (unpaired) electrons. The lowest BCUT2D eigenvalue weighted by atomic mass is 9.88. The van der Waals surface area contributed by atoms with Crippen molar-refractivity contribution in [3.8, 4) is 0 Å². The molecule has 2 N–H and O–H groups in total. The third-order valence-electron chi connectivity index (χ3n) is 4.61. The molecule has 1 unspecified atom stereocenters. The van der Waals surface area contributed by atoms with Crippen molar-refractivity contribution in [1.29, 1.82) is 0 Å². The van der Waals surface area contributed by atoms with Crippen LogP contribution in [-0.2, 0) is 0 Å². The van der Waals surface area contributed by atoms with Gasteiger partial charge in [-0.25, -0.2) is 4.79 Å². The van der Waals surface area contributed by atoms with Gasteiger partial charge in [0.2, 0.25) is 0 Å². The highest BCUT2D eigenvalue weighted by molar-refractivity contribution is 5.98. The summed E-state index contributed by atoms with van der Waals surface area (Å²) >= 11 is 0. The SMILES string of the molecule is CC12CN(C(=O)c3ccc4[nH]nnc4c3)C=C1CN(C(=O)O)C2. The molecule has 0 spiro atoms. The number of hydrogen-bond donors (Lipinski definition) is 2. The standard InChI is InChI=1S/C15H15N5O3/c1-15-7-19(5-10(15)6-20(8-15)14(22)23)13(21)9-2-3-11-12(4-9)17-18-16-11/h2-5H,6-8H2,1H3,(H,22,23)(H,16,17,18). The Morgan fingerprint density at radius 1 is 1.35 bits per heavy atom. The van der Waals surface area contributed by atoms with E-state index < -0.39 is 6.09 Å². The molecule has 1 atom stereocenters. The van der Waals surface area contributed by atoms with Crippen molar-refractivity contribution in [3.05, 3.63) is 35.5 Å². The van der Waals surface area contributed by atoms with Crippen LogP contribution in [0.2, 0.25) is 0 Å². The minimum atomic E-state index is -0.920. The van der Waals surface area contributed by atoms with E-state index >= 15 is 0 Å². The molecule has 2 aromatic rings. The number of aromatic nitrogens is 3. The lowest BCUT2D eigenvalue weighted by Crippen LogP contribution is -2.36. The van der Waals surface area contributed by atoms with Gasteiger partial charge in [-0.05, 0) is 23.8 Å². The van der Waals surface area contributed by atoms with Crippen molar-refractivity contribution in [1.82, 2.24) is 25.2 Å². The first kappa shape index (κ1) is 13.7. The summed E-state index contributed by atoms with van der Waals surface area (Å²) in [5.74, 6) is -0.111. The van der Waals surface area contributed by atoms with Gasteiger partial charge in [-0.2, -0.15) is 0 Å². The Balaban J connectivity index is 1.60. The van der Waals surface area contributed by atoms with E-state index in [0.717, 1.165) is 11.1 Å². The summed E-state index contributed by atoms with van der Waals surface area (Å²) in [6, 6.07) is 5.23. The van der Waals surface area contributed by atoms with Crippen molar-refractivity contribution in [3.63, 3.8) is 0 Å². The van der Waals surface area contributed by atoms with E-state index in [4.69, 9.17) is 5.11 Å². The number of rotatable bonds is 1. The summed E-state index contributed by atoms with van der Waals surface area (Å²) in [6.45, 7) is 3.26. The largest absolute Gasteiger partial charge is 0.465 e. The summed E-state index contributed by atoms with van der Waals surface area (Å²) < 4.78 is 0. The van der Waals surface area contributed by atoms with E-state index in [0.29, 0.717) is 30.7 Å². The highest BCUT2D eigenvalue weighted by Gasteiger charge is 2.46. The summed E-state index contributed by atoms with van der Waals surface area (Å²) in [4.78, 5) is 26.9. The highest BCUT2D eigenvalue weighted by atomic mass is 16.4. The quantitative estimate of drug-likeness (QED) is 0.826. The minimum absolute atomic E-state index is 0.111. The van der Waals surface area contributed by atoms with Crippen LogP contribution in [-0.4, -0.2) is 62.0 Å². The van der Waals surface area contributed by atoms with E-state index in [2.05, 4.69) is 15.4 Å². The van der Waals surface area contributed by atoms with Gasteiger partial charge in [-0.15, -0.1) is 5.10 Å². The summed E-state index contributed by atoms with van der Waals surface area (Å²) in [5, 5.41) is 19.5. The number of carboxylic acid groups (broad SMARTS) is 1. The zero-order valence-electron chi connectivity index (χ0n) is 12.5. The van der Waals surface area contributed by atoms with E-state index in [1.165, 1.54) is 4.90 Å². The molecule has 23 heavy (non-hydrogen) atoms. The van der Waals surface area contributed by atoms with Crippen LogP contribution in [0.1, 0.15) is 17.3 Å². The zero-order valence-corrected chi connectivity index (χ0v) is 12.5. The van der Waals surface area contributed by atoms with Crippen LogP contribution in [0.25, 0.3) is 11.0 Å². The fourth-order valence-electron chi connectivity index (χ4n) is 3.34. The third-order valence-corrected chi connectivity index (χ3v) is 4.61. The Labute approximate surface area is 131 Å². The Hall–Kier alpha value is -2.90. The Morgan fingerprint density at radius 2 is 2.17 bits per heavy atom. The number of likely N-dealkylation sites (tertiary alicyclic amines) is 1. The van der Waals surface area contributed by atoms with E-state index in [9.17, 15) is 9.59 Å². The maximum absolute atomic E-state index is 12.7. The van der Waals surface area contributed by atoms with Gasteiger partial charge in [0, 0.05) is 36.8 Å². The molecule has 4 rings (SSSR count). The molecule has 1 aromatic carbocycles. The maximum Gasteiger partial charge on any atom is 0.407 e. The topological polar surface area (TPSA) is 102 Å². The lowest BCUT2D eigenvalue weighted by Gasteiger charge is -2.24. The van der Waals surface area contributed by atoms with Gasteiger partial charge in [0.05, 0.1) is 5.52 Å². The van der Waals surface area contributed by atoms with Crippen molar-refractivity contribution < 1.29 is 14.7 Å². The van der Waals surface area contributed by atoms with Crippen molar-refractivity contribution in [2.75, 3.05) is 19.6 Å². The number of hydrogen-bond acceptors (Lipinski definition) is 4. The van der Waals surface area contributed by atoms with Crippen LogP contribution in [0.5, 0.6) is 0 Å². The van der Waals surface area contributed by atoms with E-state index in [-0.39, 0.29) is 11.3 Å². The van der Waals surface area contributed by atoms with Crippen molar-refractivity contribution >= 4 is 23.0 Å². The second-order valence-corrected chi connectivity index (χ2v) is 6.33. The first-order chi connectivity index (χ1) is 11.0. The van der Waals surface area contributed by atoms with Crippen molar-refractivity contribution in [2.45, 2.75) is 6.92 Å². The molecule has 0 bridgehead atoms. The monoisotopic (exact) mass is 313 g/mol. The van der Waals surface area contributed by atoms with Crippen LogP contribution < -0.4 is 0 Å². The highest BCUT2D eigenvalue weighted by Crippen LogP contribution is 2.41. The molecule has 1 saturated heterocycles. The second-order valence-electron chi connectivity index (χ2n) is 6.33. The lowest BCUT2D eigenvalue weighted by molar-refractivity contribution is 0.0801. The molecule has 2 amide bonds. The first-order valence-electron chi connectivity index (χ1n) is 7.27. The molecule has 1 aromatic heterocycles. The number of nitrogens with zero attached hydrogens (tertiary/aromatic N) is 4. The fourth-order valence-corrected chi connectivity index (χ4v) is 3.34. The number of H-pyrrole nitrogens is 1. The maximum atomic E-state index is 12.7. The van der Waals surface area contributed by atoms with Crippen molar-refractivity contribution in [2.24, 2.45) is 5.41 Å². The molecule has 8 heteroatoms.